The minimum Gasteiger partial charge on any atom is -0.392 e. The molecule has 1 aromatic rings. The average molecular weight is 371 g/mol. The molecule has 1 fully saturated rings. The van der Waals surface area contributed by atoms with Crippen molar-refractivity contribution in [3.8, 4) is 0 Å². The average Bonchev–Trinajstić information content (AvgIpc) is 2.86. The molecule has 0 aromatic carbocycles. The lowest BCUT2D eigenvalue weighted by molar-refractivity contribution is 0.333. The van der Waals surface area contributed by atoms with Crippen molar-refractivity contribution in [3.05, 3.63) is 16.5 Å². The second-order valence-corrected chi connectivity index (χ2v) is 10.0. The predicted molar refractivity (Wildman–Crippen MR) is 90.4 cm³/mol. The lowest BCUT2D eigenvalue weighted by atomic mass is 9.97. The minimum absolute atomic E-state index is 0.283. The van der Waals surface area contributed by atoms with E-state index in [1.165, 1.54) is 4.31 Å². The summed E-state index contributed by atoms with van der Waals surface area (Å²) in [6.45, 7) is 0.853. The molecule has 2 N–H and O–H groups in total. The van der Waals surface area contributed by atoms with E-state index in [9.17, 15) is 8.42 Å². The van der Waals surface area contributed by atoms with Crippen LogP contribution in [0.1, 0.15) is 12.8 Å². The van der Waals surface area contributed by atoms with E-state index < -0.39 is 10.0 Å². The molecule has 0 unspecified atom stereocenters. The number of sulfonamides is 1. The summed E-state index contributed by atoms with van der Waals surface area (Å²) in [5, 5.41) is 0. The highest BCUT2D eigenvalue weighted by molar-refractivity contribution is 8.02. The zero-order chi connectivity index (χ0) is 15.0. The third-order valence-corrected chi connectivity index (χ3v) is 9.04. The molecule has 1 saturated heterocycles. The van der Waals surface area contributed by atoms with Crippen molar-refractivity contribution < 1.29 is 8.42 Å². The van der Waals surface area contributed by atoms with Gasteiger partial charge in [0.05, 0.1) is 14.1 Å². The Hall–Kier alpha value is 0.140. The fourth-order valence-electron chi connectivity index (χ4n) is 2.20. The molecule has 0 spiro atoms. The van der Waals surface area contributed by atoms with E-state index in [0.29, 0.717) is 35.3 Å². The highest BCUT2D eigenvalue weighted by atomic mass is 35.5. The Labute approximate surface area is 137 Å². The largest absolute Gasteiger partial charge is 0.392 e. The van der Waals surface area contributed by atoms with Gasteiger partial charge in [-0.15, -0.1) is 11.3 Å². The molecule has 20 heavy (non-hydrogen) atoms. The summed E-state index contributed by atoms with van der Waals surface area (Å²) in [7, 11) is -3.45. The van der Waals surface area contributed by atoms with Gasteiger partial charge in [-0.25, -0.2) is 8.42 Å². The summed E-state index contributed by atoms with van der Waals surface area (Å²) >= 11 is 13.6. The molecule has 112 valence electrons. The Bertz CT molecular complexity index is 606. The maximum absolute atomic E-state index is 12.5. The third kappa shape index (κ3) is 3.00. The number of thiocarbonyl (C=S) groups is 1. The standard InChI is InChI=1S/C11H15ClN2O2S4/c1-18-11(10(13)17)4-6-14(7-5-11)20(15,16)9-3-2-8(12)19-9/h2-3H,4-7H2,1H3,(H2,13,17). The van der Waals surface area contributed by atoms with E-state index in [2.05, 4.69) is 0 Å². The Morgan fingerprint density at radius 3 is 2.50 bits per heavy atom. The van der Waals surface area contributed by atoms with E-state index in [4.69, 9.17) is 29.6 Å². The van der Waals surface area contributed by atoms with Gasteiger partial charge in [-0.05, 0) is 31.2 Å². The van der Waals surface area contributed by atoms with Gasteiger partial charge in [-0.3, -0.25) is 0 Å². The fraction of sp³-hybridized carbons (Fsp3) is 0.545. The lowest BCUT2D eigenvalue weighted by Gasteiger charge is -2.39. The first-order chi connectivity index (χ1) is 9.32. The highest BCUT2D eigenvalue weighted by Gasteiger charge is 2.40. The second kappa shape index (κ2) is 6.10. The number of halogens is 1. The molecule has 0 bridgehead atoms. The number of nitrogens with zero attached hydrogens (tertiary/aromatic N) is 1. The normalized spacial score (nSPS) is 19.9. The number of thioether (sulfide) groups is 1. The van der Waals surface area contributed by atoms with E-state index in [0.717, 1.165) is 11.3 Å². The second-order valence-electron chi connectivity index (χ2n) is 4.53. The van der Waals surface area contributed by atoms with Crippen molar-refractivity contribution in [2.75, 3.05) is 19.3 Å². The molecule has 0 amide bonds. The first kappa shape index (κ1) is 16.5. The van der Waals surface area contributed by atoms with Crippen LogP contribution in [0.2, 0.25) is 4.34 Å². The van der Waals surface area contributed by atoms with Crippen LogP contribution in [0.15, 0.2) is 16.3 Å². The molecular weight excluding hydrogens is 356 g/mol. The Balaban J connectivity index is 2.16. The summed E-state index contributed by atoms with van der Waals surface area (Å²) in [4.78, 5) is 0.459. The fourth-order valence-corrected chi connectivity index (χ4v) is 6.53. The molecule has 0 radical (unpaired) electrons. The maximum atomic E-state index is 12.5. The van der Waals surface area contributed by atoms with Gasteiger partial charge in [0.2, 0.25) is 0 Å². The van der Waals surface area contributed by atoms with Crippen LogP contribution in [0.3, 0.4) is 0 Å². The number of rotatable bonds is 4. The molecule has 9 heteroatoms. The Kier molecular flexibility index (Phi) is 5.03. The van der Waals surface area contributed by atoms with Crippen LogP contribution in [0.5, 0.6) is 0 Å². The molecule has 1 aromatic heterocycles. The molecule has 4 nitrogen and oxygen atoms in total. The molecule has 1 aliphatic rings. The van der Waals surface area contributed by atoms with Crippen LogP contribution in [0.25, 0.3) is 0 Å². The third-order valence-electron chi connectivity index (χ3n) is 3.51. The molecule has 0 atom stereocenters. The summed E-state index contributed by atoms with van der Waals surface area (Å²) in [5.41, 5.74) is 5.81. The topological polar surface area (TPSA) is 63.4 Å². The van der Waals surface area contributed by atoms with Crippen LogP contribution < -0.4 is 5.73 Å². The number of nitrogens with two attached hydrogens (primary N) is 1. The van der Waals surface area contributed by atoms with Crippen LogP contribution in [0.4, 0.5) is 0 Å². The predicted octanol–water partition coefficient (Wildman–Crippen LogP) is 2.57. The van der Waals surface area contributed by atoms with E-state index in [-0.39, 0.29) is 8.96 Å². The first-order valence-corrected chi connectivity index (χ1v) is 10.2. The highest BCUT2D eigenvalue weighted by Crippen LogP contribution is 2.37. The van der Waals surface area contributed by atoms with Crippen LogP contribution >= 0.6 is 46.9 Å². The number of piperidine rings is 1. The van der Waals surface area contributed by atoms with Gasteiger partial charge in [-0.2, -0.15) is 16.1 Å². The summed E-state index contributed by atoms with van der Waals surface area (Å²) in [6, 6.07) is 3.15. The van der Waals surface area contributed by atoms with Crippen molar-refractivity contribution in [1.82, 2.24) is 4.31 Å². The number of hydrogen-bond donors (Lipinski definition) is 1. The maximum Gasteiger partial charge on any atom is 0.252 e. The smallest absolute Gasteiger partial charge is 0.252 e. The molecule has 0 saturated carbocycles. The summed E-state index contributed by atoms with van der Waals surface area (Å²) < 4.78 is 26.9. The van der Waals surface area contributed by atoms with Gasteiger partial charge in [0.1, 0.15) is 4.21 Å². The van der Waals surface area contributed by atoms with E-state index in [1.807, 2.05) is 6.26 Å². The van der Waals surface area contributed by atoms with Crippen molar-refractivity contribution in [1.29, 1.82) is 0 Å². The first-order valence-electron chi connectivity index (χ1n) is 5.92. The van der Waals surface area contributed by atoms with Gasteiger partial charge >= 0.3 is 0 Å². The van der Waals surface area contributed by atoms with Crippen LogP contribution in [-0.4, -0.2) is 41.8 Å². The van der Waals surface area contributed by atoms with Gasteiger partial charge in [0.15, 0.2) is 0 Å². The number of thiophene rings is 1. The zero-order valence-electron chi connectivity index (χ0n) is 10.8. The zero-order valence-corrected chi connectivity index (χ0v) is 14.9. The van der Waals surface area contributed by atoms with Crippen molar-refractivity contribution in [2.24, 2.45) is 5.73 Å². The van der Waals surface area contributed by atoms with Crippen molar-refractivity contribution in [2.45, 2.75) is 21.8 Å². The van der Waals surface area contributed by atoms with E-state index >= 15 is 0 Å². The molecule has 1 aliphatic heterocycles. The number of hydrogen-bond acceptors (Lipinski definition) is 5. The van der Waals surface area contributed by atoms with Gasteiger partial charge < -0.3 is 5.73 Å². The van der Waals surface area contributed by atoms with Gasteiger partial charge in [-0.1, -0.05) is 23.8 Å². The molecule has 2 heterocycles. The van der Waals surface area contributed by atoms with Gasteiger partial charge in [0, 0.05) is 13.1 Å². The molecule has 0 aliphatic carbocycles. The summed E-state index contributed by atoms with van der Waals surface area (Å²) in [5.74, 6) is 0. The molecule has 2 rings (SSSR count). The van der Waals surface area contributed by atoms with Crippen molar-refractivity contribution >= 4 is 61.9 Å². The van der Waals surface area contributed by atoms with Crippen LogP contribution in [-0.2, 0) is 10.0 Å². The van der Waals surface area contributed by atoms with Crippen molar-refractivity contribution in [3.63, 3.8) is 0 Å². The van der Waals surface area contributed by atoms with Gasteiger partial charge in [0.25, 0.3) is 10.0 Å². The summed E-state index contributed by atoms with van der Waals surface area (Å²) in [6.07, 6.45) is 3.24. The minimum atomic E-state index is -3.45. The van der Waals surface area contributed by atoms with Crippen LogP contribution in [0, 0.1) is 0 Å². The Morgan fingerprint density at radius 1 is 1.50 bits per heavy atom. The molecular formula is C11H15ClN2O2S4. The lowest BCUT2D eigenvalue weighted by Crippen LogP contribution is -2.50. The Morgan fingerprint density at radius 2 is 2.10 bits per heavy atom. The monoisotopic (exact) mass is 370 g/mol. The van der Waals surface area contributed by atoms with E-state index in [1.54, 1.807) is 23.9 Å². The quantitative estimate of drug-likeness (QED) is 0.825. The SMILES string of the molecule is CSC1(C(N)=S)CCN(S(=O)(=O)c2ccc(Cl)s2)CC1.